The smallest absolute Gasteiger partial charge is 0.293 e. The average Bonchev–Trinajstić information content (AvgIpc) is 2.80. The van der Waals surface area contributed by atoms with Gasteiger partial charge in [0, 0.05) is 0 Å². The Bertz CT molecular complexity index is 696. The summed E-state index contributed by atoms with van der Waals surface area (Å²) in [5, 5.41) is 0. The Kier molecular flexibility index (Phi) is 12.6. The van der Waals surface area contributed by atoms with E-state index in [2.05, 4.69) is 6.92 Å². The summed E-state index contributed by atoms with van der Waals surface area (Å²) in [4.78, 5) is 22.3. The maximum Gasteiger partial charge on any atom is 0.373 e. The lowest BCUT2D eigenvalue weighted by Crippen LogP contribution is -2.07. The molecule has 2 aromatic carbocycles. The fourth-order valence-corrected chi connectivity index (χ4v) is 3.53. The van der Waals surface area contributed by atoms with Crippen molar-refractivity contribution >= 4 is 5.97 Å². The maximum absolute atomic E-state index is 12.2. The lowest BCUT2D eigenvalue weighted by molar-refractivity contribution is -0.241. The molecule has 0 aliphatic carbocycles. The van der Waals surface area contributed by atoms with Crippen LogP contribution in [0.5, 0.6) is 0 Å². The molecular formula is C27H37O3. The van der Waals surface area contributed by atoms with Crippen molar-refractivity contribution in [2.45, 2.75) is 77.0 Å². The van der Waals surface area contributed by atoms with Crippen LogP contribution in [0.15, 0.2) is 54.6 Å². The molecule has 0 amide bonds. The van der Waals surface area contributed by atoms with Gasteiger partial charge in [-0.25, -0.2) is 4.79 Å². The monoisotopic (exact) mass is 409 g/mol. The molecule has 0 bridgehead atoms. The van der Waals surface area contributed by atoms with Crippen molar-refractivity contribution in [1.82, 2.24) is 0 Å². The largest absolute Gasteiger partial charge is 0.373 e. The Morgan fingerprint density at radius 1 is 0.667 bits per heavy atom. The second kappa shape index (κ2) is 15.7. The second-order valence-corrected chi connectivity index (χ2v) is 7.88. The van der Waals surface area contributed by atoms with Gasteiger partial charge in [-0.3, -0.25) is 4.89 Å². The van der Waals surface area contributed by atoms with Gasteiger partial charge in [0.1, 0.15) is 0 Å². The topological polar surface area (TPSA) is 35.5 Å². The molecule has 0 saturated heterocycles. The van der Waals surface area contributed by atoms with Gasteiger partial charge in [-0.1, -0.05) is 120 Å². The molecule has 0 aliphatic rings. The van der Waals surface area contributed by atoms with Crippen LogP contribution in [-0.4, -0.2) is 12.6 Å². The first-order chi connectivity index (χ1) is 14.8. The van der Waals surface area contributed by atoms with E-state index in [1.807, 2.05) is 48.5 Å². The van der Waals surface area contributed by atoms with Crippen LogP contribution in [0.3, 0.4) is 0 Å². The highest BCUT2D eigenvalue weighted by atomic mass is 17.2. The molecule has 0 spiro atoms. The highest BCUT2D eigenvalue weighted by Gasteiger charge is 2.09. The summed E-state index contributed by atoms with van der Waals surface area (Å²) >= 11 is 0. The summed E-state index contributed by atoms with van der Waals surface area (Å²) in [6.45, 7) is 4.34. The Balaban J connectivity index is 1.49. The number of carbonyl (C=O) groups is 1. The Hall–Kier alpha value is -2.13. The van der Waals surface area contributed by atoms with E-state index < -0.39 is 5.97 Å². The predicted molar refractivity (Wildman–Crippen MR) is 124 cm³/mol. The molecule has 0 aliphatic heterocycles. The zero-order valence-corrected chi connectivity index (χ0v) is 18.3. The van der Waals surface area contributed by atoms with Crippen LogP contribution >= 0.6 is 0 Å². The summed E-state index contributed by atoms with van der Waals surface area (Å²) in [6.07, 6.45) is 15.0. The van der Waals surface area contributed by atoms with Crippen molar-refractivity contribution in [3.8, 4) is 11.1 Å². The first-order valence-corrected chi connectivity index (χ1v) is 11.6. The molecule has 2 rings (SSSR count). The first-order valence-electron chi connectivity index (χ1n) is 11.6. The molecule has 0 fully saturated rings. The van der Waals surface area contributed by atoms with Crippen LogP contribution < -0.4 is 0 Å². The molecule has 3 nitrogen and oxygen atoms in total. The number of rotatable bonds is 16. The van der Waals surface area contributed by atoms with E-state index in [4.69, 9.17) is 9.78 Å². The fraction of sp³-hybridized carbons (Fsp3) is 0.481. The first kappa shape index (κ1) is 24.1. The molecule has 0 aromatic heterocycles. The molecule has 0 N–H and O–H groups in total. The minimum Gasteiger partial charge on any atom is -0.293 e. The standard InChI is InChI=1S/C27H37O3/c1-2-3-4-5-6-7-8-9-10-11-12-16-22-29-30-27(28)26-21-17-20-25(23-26)24-18-14-13-15-19-24/h13-15,17-21,23H,1-12,16,22H2. The van der Waals surface area contributed by atoms with E-state index in [0.717, 1.165) is 30.4 Å². The third-order valence-corrected chi connectivity index (χ3v) is 5.32. The Morgan fingerprint density at radius 3 is 1.87 bits per heavy atom. The lowest BCUT2D eigenvalue weighted by atomic mass is 10.0. The lowest BCUT2D eigenvalue weighted by Gasteiger charge is -2.06. The molecule has 3 heteroatoms. The summed E-state index contributed by atoms with van der Waals surface area (Å²) in [5.41, 5.74) is 2.56. The van der Waals surface area contributed by atoms with Crippen molar-refractivity contribution in [3.05, 3.63) is 67.1 Å². The highest BCUT2D eigenvalue weighted by molar-refractivity contribution is 5.90. The Labute approximate surface area is 182 Å². The van der Waals surface area contributed by atoms with Gasteiger partial charge in [-0.15, -0.1) is 0 Å². The van der Waals surface area contributed by atoms with Crippen LogP contribution in [0.1, 0.15) is 87.4 Å². The van der Waals surface area contributed by atoms with Gasteiger partial charge < -0.3 is 0 Å². The minimum atomic E-state index is -0.442. The van der Waals surface area contributed by atoms with Crippen molar-refractivity contribution in [1.29, 1.82) is 0 Å². The summed E-state index contributed by atoms with van der Waals surface area (Å²) in [5.74, 6) is -0.442. The summed E-state index contributed by atoms with van der Waals surface area (Å²) < 4.78 is 0. The second-order valence-electron chi connectivity index (χ2n) is 7.88. The van der Waals surface area contributed by atoms with Crippen LogP contribution in [0, 0.1) is 6.92 Å². The van der Waals surface area contributed by atoms with Crippen molar-refractivity contribution < 1.29 is 14.6 Å². The maximum atomic E-state index is 12.2. The summed E-state index contributed by atoms with van der Waals surface area (Å²) in [6, 6.07) is 17.4. The van der Waals surface area contributed by atoms with Gasteiger partial charge in [0.15, 0.2) is 0 Å². The van der Waals surface area contributed by atoms with Crippen molar-refractivity contribution in [2.24, 2.45) is 0 Å². The molecular weight excluding hydrogens is 372 g/mol. The van der Waals surface area contributed by atoms with Gasteiger partial charge in [-0.2, -0.15) is 4.89 Å². The van der Waals surface area contributed by atoms with E-state index in [-0.39, 0.29) is 0 Å². The third-order valence-electron chi connectivity index (χ3n) is 5.32. The number of hydrogen-bond acceptors (Lipinski definition) is 3. The normalized spacial score (nSPS) is 10.8. The number of carbonyl (C=O) groups excluding carboxylic acids is 1. The SMILES string of the molecule is [CH2]CCCCCCCCCCCCCOOC(=O)c1cccc(-c2ccccc2)c1. The number of benzene rings is 2. The summed E-state index contributed by atoms with van der Waals surface area (Å²) in [7, 11) is 0. The van der Waals surface area contributed by atoms with Gasteiger partial charge >= 0.3 is 5.97 Å². The minimum absolute atomic E-state index is 0.442. The van der Waals surface area contributed by atoms with E-state index >= 15 is 0 Å². The van der Waals surface area contributed by atoms with Crippen LogP contribution in [0.2, 0.25) is 0 Å². The molecule has 2 aromatic rings. The van der Waals surface area contributed by atoms with Crippen molar-refractivity contribution in [3.63, 3.8) is 0 Å². The van der Waals surface area contributed by atoms with Gasteiger partial charge in [-0.05, 0) is 29.7 Å². The molecule has 0 unspecified atom stereocenters. The Morgan fingerprint density at radius 2 is 1.23 bits per heavy atom. The van der Waals surface area contributed by atoms with Crippen LogP contribution in [0.25, 0.3) is 11.1 Å². The van der Waals surface area contributed by atoms with Crippen LogP contribution in [-0.2, 0) is 9.78 Å². The number of unbranched alkanes of at least 4 members (excludes halogenated alkanes) is 11. The fourth-order valence-electron chi connectivity index (χ4n) is 3.53. The van der Waals surface area contributed by atoms with E-state index in [0.29, 0.717) is 12.2 Å². The average molecular weight is 410 g/mol. The third kappa shape index (κ3) is 10.1. The van der Waals surface area contributed by atoms with Crippen molar-refractivity contribution in [2.75, 3.05) is 6.61 Å². The van der Waals surface area contributed by atoms with Gasteiger partial charge in [0.25, 0.3) is 0 Å². The highest BCUT2D eigenvalue weighted by Crippen LogP contribution is 2.20. The molecule has 30 heavy (non-hydrogen) atoms. The zero-order valence-electron chi connectivity index (χ0n) is 18.3. The zero-order chi connectivity index (χ0) is 21.3. The van der Waals surface area contributed by atoms with E-state index in [1.165, 1.54) is 57.8 Å². The molecule has 0 saturated carbocycles. The quantitative estimate of drug-likeness (QED) is 0.160. The van der Waals surface area contributed by atoms with E-state index in [9.17, 15) is 4.79 Å². The van der Waals surface area contributed by atoms with E-state index in [1.54, 1.807) is 6.07 Å². The predicted octanol–water partition coefficient (Wildman–Crippen LogP) is 7.96. The van der Waals surface area contributed by atoms with Crippen LogP contribution in [0.4, 0.5) is 0 Å². The van der Waals surface area contributed by atoms with Gasteiger partial charge in [0.2, 0.25) is 0 Å². The molecule has 0 heterocycles. The molecule has 1 radical (unpaired) electrons. The molecule has 0 atom stereocenters. The van der Waals surface area contributed by atoms with Gasteiger partial charge in [0.05, 0.1) is 12.2 Å². The number of hydrogen-bond donors (Lipinski definition) is 0. The molecule has 163 valence electrons.